The van der Waals surface area contributed by atoms with E-state index in [1.165, 1.54) is 0 Å². The Bertz CT molecular complexity index is 392. The third-order valence-corrected chi connectivity index (χ3v) is 3.07. The van der Waals surface area contributed by atoms with Crippen LogP contribution in [-0.2, 0) is 4.79 Å². The average Bonchev–Trinajstić information content (AvgIpc) is 2.21. The van der Waals surface area contributed by atoms with E-state index in [2.05, 4.69) is 12.2 Å². The molecule has 1 aromatic rings. The van der Waals surface area contributed by atoms with Crippen molar-refractivity contribution >= 4 is 23.4 Å². The fraction of sp³-hybridized carbons (Fsp3) is 0.364. The molecule has 0 spiro atoms. The number of carbonyl (C=O) groups is 1. The summed E-state index contributed by atoms with van der Waals surface area (Å²) in [6, 6.07) is 5.87. The Morgan fingerprint density at radius 2 is 2.33 bits per heavy atom. The molecule has 15 heavy (non-hydrogen) atoms. The first kappa shape index (κ1) is 10.4. The Hall–Kier alpha value is -1.16. The van der Waals surface area contributed by atoms with Gasteiger partial charge in [-0.3, -0.25) is 4.79 Å². The summed E-state index contributed by atoms with van der Waals surface area (Å²) in [5, 5.41) is 2.83. The maximum Gasteiger partial charge on any atom is 0.265 e. The Morgan fingerprint density at radius 1 is 1.53 bits per heavy atom. The van der Waals surface area contributed by atoms with Crippen molar-refractivity contribution in [2.75, 3.05) is 11.1 Å². The largest absolute Gasteiger partial charge is 0.479 e. The van der Waals surface area contributed by atoms with E-state index in [1.807, 2.05) is 18.2 Å². The van der Waals surface area contributed by atoms with Gasteiger partial charge in [0.1, 0.15) is 5.75 Å². The zero-order valence-electron chi connectivity index (χ0n) is 8.74. The van der Waals surface area contributed by atoms with Gasteiger partial charge in [0.25, 0.3) is 5.91 Å². The average molecular weight is 223 g/mol. The zero-order valence-corrected chi connectivity index (χ0v) is 9.56. The molecule has 1 heterocycles. The highest BCUT2D eigenvalue weighted by Crippen LogP contribution is 2.33. The predicted molar refractivity (Wildman–Crippen MR) is 61.6 cm³/mol. The normalized spacial score (nSPS) is 19.1. The summed E-state index contributed by atoms with van der Waals surface area (Å²) in [5.41, 5.74) is 0.775. The van der Waals surface area contributed by atoms with Crippen LogP contribution in [0.1, 0.15) is 13.8 Å². The number of carbonyl (C=O) groups excluding carboxylic acids is 1. The lowest BCUT2D eigenvalue weighted by atomic mass is 10.2. The maximum absolute atomic E-state index is 11.4. The molecule has 4 heteroatoms. The molecule has 0 radical (unpaired) electrons. The molecule has 0 aliphatic carbocycles. The number of ether oxygens (including phenoxy) is 1. The van der Waals surface area contributed by atoms with Crippen molar-refractivity contribution in [1.82, 2.24) is 0 Å². The van der Waals surface area contributed by atoms with E-state index in [1.54, 1.807) is 18.7 Å². The molecular weight excluding hydrogens is 210 g/mol. The van der Waals surface area contributed by atoms with Gasteiger partial charge in [0, 0.05) is 4.90 Å². The molecule has 0 fully saturated rings. The number of nitrogens with one attached hydrogen (secondary N) is 1. The zero-order chi connectivity index (χ0) is 10.8. The second-order valence-corrected chi connectivity index (χ2v) is 4.68. The molecule has 1 unspecified atom stereocenters. The number of hydrogen-bond acceptors (Lipinski definition) is 3. The van der Waals surface area contributed by atoms with Crippen molar-refractivity contribution in [2.24, 2.45) is 0 Å². The van der Waals surface area contributed by atoms with Crippen LogP contribution in [0.15, 0.2) is 23.1 Å². The predicted octanol–water partition coefficient (Wildman–Crippen LogP) is 2.52. The number of amides is 1. The molecule has 0 bridgehead atoms. The van der Waals surface area contributed by atoms with Gasteiger partial charge in [-0.15, -0.1) is 11.8 Å². The van der Waals surface area contributed by atoms with E-state index in [9.17, 15) is 4.79 Å². The molecule has 1 aliphatic rings. The summed E-state index contributed by atoms with van der Waals surface area (Å²) < 4.78 is 5.46. The second kappa shape index (κ2) is 4.14. The van der Waals surface area contributed by atoms with Crippen molar-refractivity contribution < 1.29 is 9.53 Å². The van der Waals surface area contributed by atoms with Crippen LogP contribution in [0.25, 0.3) is 0 Å². The number of rotatable bonds is 2. The smallest absolute Gasteiger partial charge is 0.265 e. The van der Waals surface area contributed by atoms with Gasteiger partial charge in [-0.25, -0.2) is 0 Å². The van der Waals surface area contributed by atoms with Gasteiger partial charge in [0.05, 0.1) is 5.69 Å². The maximum atomic E-state index is 11.4. The summed E-state index contributed by atoms with van der Waals surface area (Å²) in [7, 11) is 0. The van der Waals surface area contributed by atoms with Gasteiger partial charge in [-0.1, -0.05) is 6.92 Å². The minimum Gasteiger partial charge on any atom is -0.479 e. The number of benzene rings is 1. The number of anilines is 1. The van der Waals surface area contributed by atoms with Crippen molar-refractivity contribution in [3.63, 3.8) is 0 Å². The summed E-state index contributed by atoms with van der Waals surface area (Å²) >= 11 is 1.74. The van der Waals surface area contributed by atoms with Crippen LogP contribution >= 0.6 is 11.8 Å². The molecular formula is C11H13NO2S. The monoisotopic (exact) mass is 223 g/mol. The summed E-state index contributed by atoms with van der Waals surface area (Å²) in [4.78, 5) is 12.5. The molecule has 0 saturated carbocycles. The van der Waals surface area contributed by atoms with Gasteiger partial charge in [0.2, 0.25) is 0 Å². The lowest BCUT2D eigenvalue weighted by Gasteiger charge is -2.23. The quantitative estimate of drug-likeness (QED) is 0.783. The van der Waals surface area contributed by atoms with Gasteiger partial charge < -0.3 is 10.1 Å². The standard InChI is InChI=1S/C11H13NO2S/c1-3-15-8-4-5-10-9(6-8)12-11(13)7(2)14-10/h4-7H,3H2,1-2H3,(H,12,13). The van der Waals surface area contributed by atoms with Crippen LogP contribution in [0.2, 0.25) is 0 Å². The van der Waals surface area contributed by atoms with Crippen LogP contribution < -0.4 is 10.1 Å². The highest BCUT2D eigenvalue weighted by molar-refractivity contribution is 7.99. The number of hydrogen-bond donors (Lipinski definition) is 1. The van der Waals surface area contributed by atoms with Crippen LogP contribution in [0, 0.1) is 0 Å². The van der Waals surface area contributed by atoms with E-state index in [0.29, 0.717) is 0 Å². The van der Waals surface area contributed by atoms with Gasteiger partial charge in [-0.05, 0) is 30.9 Å². The Morgan fingerprint density at radius 3 is 3.07 bits per heavy atom. The van der Waals surface area contributed by atoms with E-state index < -0.39 is 6.10 Å². The van der Waals surface area contributed by atoms with E-state index in [-0.39, 0.29) is 5.91 Å². The molecule has 3 nitrogen and oxygen atoms in total. The first-order valence-corrected chi connectivity index (χ1v) is 5.93. The van der Waals surface area contributed by atoms with Gasteiger partial charge in [0.15, 0.2) is 6.10 Å². The first-order chi connectivity index (χ1) is 7.20. The number of fused-ring (bicyclic) bond motifs is 1. The van der Waals surface area contributed by atoms with Crippen molar-refractivity contribution in [3.8, 4) is 5.75 Å². The highest BCUT2D eigenvalue weighted by atomic mass is 32.2. The molecule has 1 aromatic carbocycles. The topological polar surface area (TPSA) is 38.3 Å². The fourth-order valence-corrected chi connectivity index (χ4v) is 2.14. The van der Waals surface area contributed by atoms with Crippen LogP contribution in [-0.4, -0.2) is 17.8 Å². The Balaban J connectivity index is 2.29. The van der Waals surface area contributed by atoms with E-state index in [4.69, 9.17) is 4.74 Å². The fourth-order valence-electron chi connectivity index (χ4n) is 1.44. The minimum atomic E-state index is -0.401. The summed E-state index contributed by atoms with van der Waals surface area (Å²) in [6.07, 6.45) is -0.401. The molecule has 80 valence electrons. The number of thioether (sulfide) groups is 1. The SMILES string of the molecule is CCSc1ccc2c(c1)NC(=O)C(C)O2. The molecule has 1 N–H and O–H groups in total. The molecule has 0 saturated heterocycles. The lowest BCUT2D eigenvalue weighted by molar-refractivity contribution is -0.122. The molecule has 1 aliphatic heterocycles. The Labute approximate surface area is 93.2 Å². The van der Waals surface area contributed by atoms with Crippen molar-refractivity contribution in [3.05, 3.63) is 18.2 Å². The van der Waals surface area contributed by atoms with Crippen molar-refractivity contribution in [1.29, 1.82) is 0 Å². The van der Waals surface area contributed by atoms with Crippen molar-refractivity contribution in [2.45, 2.75) is 24.8 Å². The third-order valence-electron chi connectivity index (χ3n) is 2.19. The van der Waals surface area contributed by atoms with Gasteiger partial charge >= 0.3 is 0 Å². The molecule has 2 rings (SSSR count). The highest BCUT2D eigenvalue weighted by Gasteiger charge is 2.23. The third kappa shape index (κ3) is 2.09. The van der Waals surface area contributed by atoms with E-state index in [0.717, 1.165) is 22.1 Å². The Kier molecular flexibility index (Phi) is 2.86. The van der Waals surface area contributed by atoms with E-state index >= 15 is 0 Å². The minimum absolute atomic E-state index is 0.0823. The van der Waals surface area contributed by atoms with Crippen LogP contribution in [0.3, 0.4) is 0 Å². The molecule has 1 amide bonds. The first-order valence-electron chi connectivity index (χ1n) is 4.95. The lowest BCUT2D eigenvalue weighted by Crippen LogP contribution is -2.34. The van der Waals surface area contributed by atoms with Gasteiger partial charge in [-0.2, -0.15) is 0 Å². The van der Waals surface area contributed by atoms with Crippen LogP contribution in [0.5, 0.6) is 5.75 Å². The summed E-state index contributed by atoms with van der Waals surface area (Å²) in [6.45, 7) is 3.84. The van der Waals surface area contributed by atoms with Crippen LogP contribution in [0.4, 0.5) is 5.69 Å². The second-order valence-electron chi connectivity index (χ2n) is 3.34. The molecule has 0 aromatic heterocycles. The summed E-state index contributed by atoms with van der Waals surface area (Å²) in [5.74, 6) is 1.69. The molecule has 1 atom stereocenters.